The molecular formula is C23H23N3O4. The molecule has 3 aromatic rings. The van der Waals surface area contributed by atoms with Crippen LogP contribution in [-0.2, 0) is 27.2 Å². The summed E-state index contributed by atoms with van der Waals surface area (Å²) in [7, 11) is 0. The number of pyridine rings is 1. The van der Waals surface area contributed by atoms with Crippen molar-refractivity contribution < 1.29 is 19.5 Å². The summed E-state index contributed by atoms with van der Waals surface area (Å²) in [5.41, 5.74) is 2.17. The number of hydrogen-bond donors (Lipinski definition) is 3. The summed E-state index contributed by atoms with van der Waals surface area (Å²) in [6, 6.07) is 18.3. The maximum atomic E-state index is 12.8. The van der Waals surface area contributed by atoms with E-state index >= 15 is 0 Å². The molecule has 2 atom stereocenters. The Morgan fingerprint density at radius 3 is 2.27 bits per heavy atom. The van der Waals surface area contributed by atoms with E-state index in [0.717, 1.165) is 16.5 Å². The molecule has 154 valence electrons. The molecule has 1 heterocycles. The van der Waals surface area contributed by atoms with Crippen LogP contribution in [0, 0.1) is 0 Å². The lowest BCUT2D eigenvalue weighted by atomic mass is 10.0. The highest BCUT2D eigenvalue weighted by Crippen LogP contribution is 2.13. The SMILES string of the molecule is CC(=O)N[C@H](Cc1ccccc1)C(=O)N[C@@H](Cc1ccc2ccccc2n1)C(=O)O. The van der Waals surface area contributed by atoms with E-state index in [-0.39, 0.29) is 18.7 Å². The van der Waals surface area contributed by atoms with Crippen molar-refractivity contribution in [2.24, 2.45) is 0 Å². The Morgan fingerprint density at radius 2 is 1.57 bits per heavy atom. The highest BCUT2D eigenvalue weighted by molar-refractivity contribution is 5.90. The number of carbonyl (C=O) groups is 3. The van der Waals surface area contributed by atoms with Crippen molar-refractivity contribution in [1.29, 1.82) is 0 Å². The second-order valence-corrected chi connectivity index (χ2v) is 7.04. The molecule has 0 saturated heterocycles. The number of fused-ring (bicyclic) bond motifs is 1. The molecule has 0 saturated carbocycles. The molecule has 0 bridgehead atoms. The van der Waals surface area contributed by atoms with Crippen LogP contribution in [0.25, 0.3) is 10.9 Å². The van der Waals surface area contributed by atoms with Gasteiger partial charge in [-0.25, -0.2) is 4.79 Å². The maximum absolute atomic E-state index is 12.8. The van der Waals surface area contributed by atoms with Crippen LogP contribution in [0.4, 0.5) is 0 Å². The van der Waals surface area contributed by atoms with Crippen molar-refractivity contribution in [3.63, 3.8) is 0 Å². The number of carboxylic acids is 1. The third kappa shape index (κ3) is 5.64. The summed E-state index contributed by atoms with van der Waals surface area (Å²) in [5, 5.41) is 15.7. The molecule has 0 aliphatic rings. The Kier molecular flexibility index (Phi) is 6.75. The summed E-state index contributed by atoms with van der Waals surface area (Å²) in [5.74, 6) is -2.09. The predicted molar refractivity (Wildman–Crippen MR) is 113 cm³/mol. The molecule has 0 unspecified atom stereocenters. The van der Waals surface area contributed by atoms with Gasteiger partial charge in [-0.2, -0.15) is 0 Å². The van der Waals surface area contributed by atoms with Crippen molar-refractivity contribution in [2.45, 2.75) is 31.8 Å². The van der Waals surface area contributed by atoms with Crippen molar-refractivity contribution in [2.75, 3.05) is 0 Å². The van der Waals surface area contributed by atoms with Gasteiger partial charge in [0.05, 0.1) is 5.52 Å². The molecular weight excluding hydrogens is 382 g/mol. The average Bonchev–Trinajstić information content (AvgIpc) is 2.73. The average molecular weight is 405 g/mol. The van der Waals surface area contributed by atoms with Gasteiger partial charge < -0.3 is 15.7 Å². The van der Waals surface area contributed by atoms with E-state index in [9.17, 15) is 19.5 Å². The van der Waals surface area contributed by atoms with Crippen molar-refractivity contribution >= 4 is 28.7 Å². The molecule has 7 nitrogen and oxygen atoms in total. The minimum Gasteiger partial charge on any atom is -0.480 e. The summed E-state index contributed by atoms with van der Waals surface area (Å²) >= 11 is 0. The van der Waals surface area contributed by atoms with E-state index in [1.807, 2.05) is 60.7 Å². The first-order chi connectivity index (χ1) is 14.4. The Bertz CT molecular complexity index is 1050. The fourth-order valence-electron chi connectivity index (χ4n) is 3.21. The first-order valence-corrected chi connectivity index (χ1v) is 9.61. The summed E-state index contributed by atoms with van der Waals surface area (Å²) < 4.78 is 0. The molecule has 30 heavy (non-hydrogen) atoms. The number of aromatic nitrogens is 1. The van der Waals surface area contributed by atoms with Crippen molar-refractivity contribution in [1.82, 2.24) is 15.6 Å². The smallest absolute Gasteiger partial charge is 0.326 e. The molecule has 3 rings (SSSR count). The second-order valence-electron chi connectivity index (χ2n) is 7.04. The molecule has 2 aromatic carbocycles. The normalized spacial score (nSPS) is 12.7. The first kappa shape index (κ1) is 21.0. The minimum absolute atomic E-state index is 0.0318. The number of amides is 2. The van der Waals surface area contributed by atoms with Gasteiger partial charge in [0.15, 0.2) is 0 Å². The second kappa shape index (κ2) is 9.65. The van der Waals surface area contributed by atoms with Gasteiger partial charge in [0.1, 0.15) is 12.1 Å². The number of carbonyl (C=O) groups excluding carboxylic acids is 2. The Balaban J connectivity index is 1.74. The van der Waals surface area contributed by atoms with E-state index in [4.69, 9.17) is 0 Å². The van der Waals surface area contributed by atoms with Crippen LogP contribution < -0.4 is 10.6 Å². The van der Waals surface area contributed by atoms with Crippen LogP contribution >= 0.6 is 0 Å². The fraction of sp³-hybridized carbons (Fsp3) is 0.217. The quantitative estimate of drug-likeness (QED) is 0.532. The standard InChI is InChI=1S/C23H23N3O4/c1-15(27)24-20(13-16-7-3-2-4-8-16)22(28)26-21(23(29)30)14-18-12-11-17-9-5-6-10-19(17)25-18/h2-12,20-21H,13-14H2,1H3,(H,24,27)(H,26,28)(H,29,30)/t20-,21+/m1/s1. The molecule has 0 spiro atoms. The van der Waals surface area contributed by atoms with Crippen LogP contribution in [0.2, 0.25) is 0 Å². The maximum Gasteiger partial charge on any atom is 0.326 e. The Morgan fingerprint density at radius 1 is 0.867 bits per heavy atom. The zero-order valence-corrected chi connectivity index (χ0v) is 16.5. The number of aliphatic carboxylic acids is 1. The topological polar surface area (TPSA) is 108 Å². The van der Waals surface area contributed by atoms with Gasteiger partial charge in [-0.05, 0) is 17.7 Å². The summed E-state index contributed by atoms with van der Waals surface area (Å²) in [6.45, 7) is 1.32. The highest BCUT2D eigenvalue weighted by atomic mass is 16.4. The van der Waals surface area contributed by atoms with E-state index in [2.05, 4.69) is 15.6 Å². The molecule has 0 fully saturated rings. The molecule has 0 aliphatic heterocycles. The lowest BCUT2D eigenvalue weighted by molar-refractivity contribution is -0.142. The van der Waals surface area contributed by atoms with E-state index in [1.165, 1.54) is 6.92 Å². The van der Waals surface area contributed by atoms with Gasteiger partial charge in [0, 0.05) is 30.8 Å². The van der Waals surface area contributed by atoms with Crippen molar-refractivity contribution in [3.05, 3.63) is 78.0 Å². The molecule has 7 heteroatoms. The number of nitrogens with one attached hydrogen (secondary N) is 2. The largest absolute Gasteiger partial charge is 0.480 e. The molecule has 0 aliphatic carbocycles. The zero-order chi connectivity index (χ0) is 21.5. The van der Waals surface area contributed by atoms with Gasteiger partial charge in [0.25, 0.3) is 0 Å². The van der Waals surface area contributed by atoms with Gasteiger partial charge in [0.2, 0.25) is 11.8 Å². The van der Waals surface area contributed by atoms with E-state index in [1.54, 1.807) is 6.07 Å². The lowest BCUT2D eigenvalue weighted by Gasteiger charge is -2.21. The molecule has 0 radical (unpaired) electrons. The van der Waals surface area contributed by atoms with Gasteiger partial charge in [-0.3, -0.25) is 14.6 Å². The number of rotatable bonds is 8. The van der Waals surface area contributed by atoms with Crippen LogP contribution in [-0.4, -0.2) is 40.0 Å². The Hall–Kier alpha value is -3.74. The third-order valence-electron chi connectivity index (χ3n) is 4.66. The van der Waals surface area contributed by atoms with Crippen LogP contribution in [0.1, 0.15) is 18.2 Å². The van der Waals surface area contributed by atoms with E-state index in [0.29, 0.717) is 5.69 Å². The van der Waals surface area contributed by atoms with Crippen LogP contribution in [0.5, 0.6) is 0 Å². The predicted octanol–water partition coefficient (Wildman–Crippen LogP) is 2.09. The third-order valence-corrected chi connectivity index (χ3v) is 4.66. The number of benzene rings is 2. The monoisotopic (exact) mass is 405 g/mol. The Labute approximate surface area is 174 Å². The summed E-state index contributed by atoms with van der Waals surface area (Å²) in [4.78, 5) is 40.6. The fourth-order valence-corrected chi connectivity index (χ4v) is 3.21. The minimum atomic E-state index is -1.17. The summed E-state index contributed by atoms with van der Waals surface area (Å²) in [6.07, 6.45) is 0.289. The number of carboxylic acid groups (broad SMARTS) is 1. The number of hydrogen-bond acceptors (Lipinski definition) is 4. The number of nitrogens with zero attached hydrogens (tertiary/aromatic N) is 1. The van der Waals surface area contributed by atoms with Crippen LogP contribution in [0.3, 0.4) is 0 Å². The number of para-hydroxylation sites is 1. The van der Waals surface area contributed by atoms with Crippen LogP contribution in [0.15, 0.2) is 66.7 Å². The molecule has 1 aromatic heterocycles. The molecule has 3 N–H and O–H groups in total. The first-order valence-electron chi connectivity index (χ1n) is 9.61. The van der Waals surface area contributed by atoms with E-state index < -0.39 is 24.0 Å². The lowest BCUT2D eigenvalue weighted by Crippen LogP contribution is -2.52. The van der Waals surface area contributed by atoms with Gasteiger partial charge in [-0.15, -0.1) is 0 Å². The molecule has 2 amide bonds. The van der Waals surface area contributed by atoms with Gasteiger partial charge in [-0.1, -0.05) is 54.6 Å². The zero-order valence-electron chi connectivity index (χ0n) is 16.5. The van der Waals surface area contributed by atoms with Crippen molar-refractivity contribution in [3.8, 4) is 0 Å². The highest BCUT2D eigenvalue weighted by Gasteiger charge is 2.26. The van der Waals surface area contributed by atoms with Gasteiger partial charge >= 0.3 is 5.97 Å².